The first-order valence-corrected chi connectivity index (χ1v) is 47.7. The van der Waals surface area contributed by atoms with E-state index in [1.165, 1.54) is 105 Å². The van der Waals surface area contributed by atoms with Crippen molar-refractivity contribution in [3.8, 4) is 35.8 Å². The Kier molecular flexibility index (Phi) is 31.0. The first-order valence-electron chi connectivity index (χ1n) is 42.6. The summed E-state index contributed by atoms with van der Waals surface area (Å²) < 4.78 is 57.6. The van der Waals surface area contributed by atoms with Crippen LogP contribution in [0.25, 0.3) is 41.4 Å². The van der Waals surface area contributed by atoms with Crippen molar-refractivity contribution in [2.75, 3.05) is 129 Å². The fourth-order valence-corrected chi connectivity index (χ4v) is 19.6. The molecule has 0 unspecified atom stereocenters. The van der Waals surface area contributed by atoms with Gasteiger partial charge in [-0.15, -0.1) is 0 Å². The molecule has 0 radical (unpaired) electrons. The van der Waals surface area contributed by atoms with Crippen LogP contribution in [0.4, 0.5) is 97.6 Å². The van der Waals surface area contributed by atoms with Crippen molar-refractivity contribution in [1.82, 2.24) is 59.9 Å². The summed E-state index contributed by atoms with van der Waals surface area (Å²) in [4.78, 5) is 42.5. The lowest BCUT2D eigenvalue weighted by Gasteiger charge is -2.26. The number of aromatic nitrogens is 8. The van der Waals surface area contributed by atoms with Gasteiger partial charge in [0.2, 0.25) is 6.79 Å². The third kappa shape index (κ3) is 23.9. The maximum absolute atomic E-state index is 13.5. The number of nitrogens with one attached hydrogen (secondary N) is 9. The number of halogens is 7. The Hall–Kier alpha value is -13.1. The Morgan fingerprint density at radius 1 is 0.426 bits per heavy atom. The summed E-state index contributed by atoms with van der Waals surface area (Å²) in [6.07, 6.45) is 8.55. The van der Waals surface area contributed by atoms with E-state index in [1.807, 2.05) is 79.7 Å². The van der Waals surface area contributed by atoms with E-state index in [0.717, 1.165) is 148 Å². The molecule has 20 rings (SSSR count). The van der Waals surface area contributed by atoms with Crippen LogP contribution < -0.4 is 57.3 Å². The molecular weight excluding hydrogens is 1910 g/mol. The van der Waals surface area contributed by atoms with Gasteiger partial charge in [-0.3, -0.25) is 9.80 Å². The van der Waals surface area contributed by atoms with Gasteiger partial charge in [-0.2, -0.15) is 41.0 Å². The Morgan fingerprint density at radius 2 is 0.831 bits per heavy atom. The van der Waals surface area contributed by atoms with Crippen LogP contribution in [0.15, 0.2) is 189 Å². The number of morpholine rings is 2. The minimum Gasteiger partial charge on any atom is -0.454 e. The molecule has 0 aliphatic carbocycles. The lowest BCUT2D eigenvalue weighted by atomic mass is 10.2. The summed E-state index contributed by atoms with van der Waals surface area (Å²) in [5.41, 5.74) is 16.6. The van der Waals surface area contributed by atoms with Gasteiger partial charge >= 0.3 is 0 Å². The molecule has 12 heterocycles. The monoisotopic (exact) mass is 1990 g/mol. The molecule has 9 N–H and O–H groups in total. The molecular formula is C96H81Cl5F2N24O5S4. The van der Waals surface area contributed by atoms with Gasteiger partial charge in [0.15, 0.2) is 54.6 Å². The summed E-state index contributed by atoms with van der Waals surface area (Å²) in [5, 5.41) is 72.5. The van der Waals surface area contributed by atoms with Gasteiger partial charge in [-0.25, -0.2) is 28.7 Å². The van der Waals surface area contributed by atoms with E-state index in [-0.39, 0.29) is 16.8 Å². The van der Waals surface area contributed by atoms with Gasteiger partial charge in [0.05, 0.1) is 92.6 Å². The zero-order chi connectivity index (χ0) is 94.1. The van der Waals surface area contributed by atoms with E-state index >= 15 is 0 Å². The van der Waals surface area contributed by atoms with Gasteiger partial charge in [0.1, 0.15) is 60.4 Å². The fourth-order valence-electron chi connectivity index (χ4n) is 14.8. The number of hydrogen-bond donors (Lipinski definition) is 9. The molecule has 29 nitrogen and oxygen atoms in total. The van der Waals surface area contributed by atoms with E-state index in [2.05, 4.69) is 170 Å². The van der Waals surface area contributed by atoms with Crippen LogP contribution in [-0.4, -0.2) is 147 Å². The van der Waals surface area contributed by atoms with Gasteiger partial charge < -0.3 is 76.4 Å². The van der Waals surface area contributed by atoms with Crippen molar-refractivity contribution < 1.29 is 32.5 Å². The van der Waals surface area contributed by atoms with Crippen molar-refractivity contribution in [2.45, 2.75) is 45.1 Å². The normalized spacial score (nSPS) is 14.0. The summed E-state index contributed by atoms with van der Waals surface area (Å²) in [5.74, 6) is 0.0782. The van der Waals surface area contributed by atoms with E-state index in [0.29, 0.717) is 147 Å². The number of fused-ring (bicyclic) bond motifs is 5. The number of ether oxygens (including phenoxy) is 5. The quantitative estimate of drug-likeness (QED) is 0.0243. The van der Waals surface area contributed by atoms with Gasteiger partial charge in [0, 0.05) is 140 Å². The Bertz CT molecular complexity index is 7210. The van der Waals surface area contributed by atoms with Gasteiger partial charge in [-0.1, -0.05) is 152 Å². The number of hydrogen-bond acceptors (Lipinski definition) is 33. The highest BCUT2D eigenvalue weighted by atomic mass is 35.5. The van der Waals surface area contributed by atoms with Gasteiger partial charge in [-0.05, 0) is 164 Å². The molecule has 4 aliphatic heterocycles. The van der Waals surface area contributed by atoms with E-state index in [9.17, 15) is 29.8 Å². The highest BCUT2D eigenvalue weighted by Gasteiger charge is 2.27. The first-order chi connectivity index (χ1) is 66.3. The maximum Gasteiger partial charge on any atom is 0.231 e. The zero-order valence-electron chi connectivity index (χ0n) is 72.5. The predicted octanol–water partition coefficient (Wildman–Crippen LogP) is 23.5. The molecule has 4 aliphatic rings. The topological polar surface area (TPSA) is 362 Å². The van der Waals surface area contributed by atoms with Crippen LogP contribution in [0.5, 0.6) is 11.5 Å². The fraction of sp³-hybridized carbons (Fsp3) is 0.208. The molecule has 0 saturated carbocycles. The Labute approximate surface area is 820 Å². The van der Waals surface area contributed by atoms with Crippen molar-refractivity contribution in [2.24, 2.45) is 0 Å². The van der Waals surface area contributed by atoms with Crippen molar-refractivity contribution >= 4 is 234 Å². The van der Waals surface area contributed by atoms with Crippen LogP contribution in [0.3, 0.4) is 0 Å². The number of nitriles is 4. The van der Waals surface area contributed by atoms with Crippen LogP contribution in [0, 0.1) is 57.0 Å². The number of thiazole rings is 4. The summed E-state index contributed by atoms with van der Waals surface area (Å²) in [6, 6.07) is 58.7. The van der Waals surface area contributed by atoms with Crippen LogP contribution >= 0.6 is 103 Å². The highest BCUT2D eigenvalue weighted by molar-refractivity contribution is 7.24. The van der Waals surface area contributed by atoms with Crippen LogP contribution in [0.1, 0.15) is 57.3 Å². The minimum absolute atomic E-state index is 0.00372. The molecule has 16 aromatic rings. The molecule has 688 valence electrons. The molecule has 3 fully saturated rings. The van der Waals surface area contributed by atoms with E-state index in [1.54, 1.807) is 36.5 Å². The number of rotatable bonds is 26. The molecule has 0 bridgehead atoms. The Balaban J connectivity index is 0.000000126. The summed E-state index contributed by atoms with van der Waals surface area (Å²) in [6.45, 7) is 12.2. The molecule has 0 spiro atoms. The van der Waals surface area contributed by atoms with Crippen LogP contribution in [-0.2, 0) is 40.4 Å². The van der Waals surface area contributed by atoms with Crippen LogP contribution in [0.2, 0.25) is 25.1 Å². The second kappa shape index (κ2) is 44.6. The third-order valence-corrected chi connectivity index (χ3v) is 26.9. The third-order valence-electron chi connectivity index (χ3n) is 21.5. The van der Waals surface area contributed by atoms with E-state index < -0.39 is 11.6 Å². The second-order valence-electron chi connectivity index (χ2n) is 31.4. The number of pyridine rings is 4. The lowest BCUT2D eigenvalue weighted by Crippen LogP contribution is -2.35. The maximum atomic E-state index is 13.5. The molecule has 1 atom stereocenters. The SMILES string of the molecule is CN(C)Cc1ccc(Nc2nc3ncc(C#N)c(Nc4ccc(F)c(Cl)c4)c3s2)cc1Cl.N#Cc1cnc2nc(Nc3ccc(CN4CCOCC4)cc3)sc2c1Nc1c(Cl)ccc2c1OCO2.N#Cc1cnc2nc(Nc3ccc(CN4CCOCC4)cc3)sc2c1Nc1cccc(Cl)c1.N#Cc1cnc2nc(Nc3ccc(CNC[C@H]4CCCO4)cc3)sc2c1Nc1ccc(F)c(Cl)c1. The minimum atomic E-state index is -0.517. The molecule has 40 heteroatoms. The first kappa shape index (κ1) is 94.7. The number of anilines is 16. The highest BCUT2D eigenvalue weighted by Crippen LogP contribution is 2.48. The smallest absolute Gasteiger partial charge is 0.231 e. The molecule has 136 heavy (non-hydrogen) atoms. The summed E-state index contributed by atoms with van der Waals surface area (Å²) in [7, 11) is 3.97. The lowest BCUT2D eigenvalue weighted by molar-refractivity contribution is 0.0341. The molecule has 0 amide bonds. The zero-order valence-corrected chi connectivity index (χ0v) is 79.6. The van der Waals surface area contributed by atoms with Crippen molar-refractivity contribution in [3.05, 3.63) is 270 Å². The number of nitrogens with zero attached hydrogens (tertiary/aromatic N) is 15. The van der Waals surface area contributed by atoms with E-state index in [4.69, 9.17) is 81.7 Å². The van der Waals surface area contributed by atoms with Crippen molar-refractivity contribution in [1.29, 1.82) is 21.0 Å². The van der Waals surface area contributed by atoms with Crippen molar-refractivity contribution in [3.63, 3.8) is 0 Å². The Morgan fingerprint density at radius 3 is 1.24 bits per heavy atom. The predicted molar refractivity (Wildman–Crippen MR) is 538 cm³/mol. The van der Waals surface area contributed by atoms with Gasteiger partial charge in [0.25, 0.3) is 0 Å². The molecule has 3 saturated heterocycles. The molecule has 8 aromatic heterocycles. The largest absolute Gasteiger partial charge is 0.454 e. The molecule has 8 aromatic carbocycles. The average molecular weight is 1990 g/mol. The standard InChI is InChI=1S/C25H22ClFN6OS.C25H21ClN6O3S.C24H21ClN6OS.C22H17Cl2FN6S/c26-20-10-18(7-8-21(20)27)31-22-16(11-28)13-30-24-23(22)35-25(33-24)32-17-5-3-15(4-6-17)12-29-14-19-2-1-9-34-19;26-18-5-6-19-22(35-14-34-19)21(18)30-20-16(11-27)12-28-24-23(20)36-25(31-24)29-17-3-1-15(2-4-17)13-32-7-9-33-10-8-32;25-18-2-1-3-20(12-18)28-21-17(13-26)14-27-23-22(21)33-24(30-23)29-19-6-4-16(5-7-19)15-31-8-10-32-11-9-31;1-31(2)11-12-3-4-15(7-16(12)23)29-22-30-21-20(32-22)19(13(9-26)10-27-21)28-14-5-6-18(25)17(24)8-14/h3-8,10,13,19,29H,1-2,9,12,14H2,(H2,30,31,32,33);1-6,12H,7-10,13-14H2,(H2,28,29,30,31);1-7,12,14H,8-11,15H2,(H2,27,28,29,30);3-8,10H,11H2,1-2H3,(H2,27,28,29,30)/t19-;;;/m1.../s1. The summed E-state index contributed by atoms with van der Waals surface area (Å²) >= 11 is 36.4. The number of benzene rings is 8. The second-order valence-corrected chi connectivity index (χ2v) is 37.5. The average Bonchev–Trinajstić information content (AvgIpc) is 1.52.